The summed E-state index contributed by atoms with van der Waals surface area (Å²) in [5.74, 6) is 0.209. The number of nitrogens with zero attached hydrogens (tertiary/aromatic N) is 3. The minimum absolute atomic E-state index is 0.155. The van der Waals surface area contributed by atoms with Crippen LogP contribution >= 0.6 is 15.9 Å². The first kappa shape index (κ1) is 14.5. The molecule has 2 aromatic rings. The quantitative estimate of drug-likeness (QED) is 0.794. The summed E-state index contributed by atoms with van der Waals surface area (Å²) in [6.45, 7) is 3.52. The second kappa shape index (κ2) is 6.04. The first-order valence-corrected chi connectivity index (χ1v) is 6.84. The van der Waals surface area contributed by atoms with Crippen LogP contribution in [0.5, 0.6) is 0 Å². The molecule has 0 unspecified atom stereocenters. The van der Waals surface area contributed by atoms with Crippen LogP contribution < -0.4 is 5.69 Å². The Morgan fingerprint density at radius 1 is 1.35 bits per heavy atom. The largest absolute Gasteiger partial charge is 0.464 e. The molecule has 20 heavy (non-hydrogen) atoms. The molecule has 6 nitrogen and oxygen atoms in total. The van der Waals surface area contributed by atoms with Crippen molar-refractivity contribution in [3.63, 3.8) is 0 Å². The summed E-state index contributed by atoms with van der Waals surface area (Å²) in [6.07, 6.45) is 0. The molecule has 0 N–H and O–H groups in total. The summed E-state index contributed by atoms with van der Waals surface area (Å²) >= 11 is 3.34. The molecule has 0 radical (unpaired) electrons. The molecule has 7 heteroatoms. The second-order valence-electron chi connectivity index (χ2n) is 4.21. The highest BCUT2D eigenvalue weighted by Gasteiger charge is 2.11. The number of aryl methyl sites for hydroxylation is 1. The van der Waals surface area contributed by atoms with Crippen LogP contribution in [0.15, 0.2) is 33.5 Å². The molecule has 2 rings (SSSR count). The van der Waals surface area contributed by atoms with Crippen LogP contribution in [0.25, 0.3) is 5.69 Å². The lowest BCUT2D eigenvalue weighted by Gasteiger charge is -2.03. The van der Waals surface area contributed by atoms with Gasteiger partial charge in [-0.3, -0.25) is 9.36 Å². The summed E-state index contributed by atoms with van der Waals surface area (Å²) in [5, 5.41) is 4.22. The number of hydrogen-bond acceptors (Lipinski definition) is 4. The van der Waals surface area contributed by atoms with Gasteiger partial charge in [-0.05, 0) is 31.2 Å². The van der Waals surface area contributed by atoms with Crippen molar-refractivity contribution in [3.05, 3.63) is 45.0 Å². The second-order valence-corrected chi connectivity index (χ2v) is 5.13. The van der Waals surface area contributed by atoms with Gasteiger partial charge in [0.1, 0.15) is 12.4 Å². The molecule has 0 aliphatic rings. The van der Waals surface area contributed by atoms with Crippen molar-refractivity contribution in [3.8, 4) is 5.69 Å². The molecule has 0 saturated heterocycles. The van der Waals surface area contributed by atoms with Crippen molar-refractivity contribution in [2.75, 3.05) is 6.61 Å². The number of rotatable bonds is 4. The maximum Gasteiger partial charge on any atom is 0.350 e. The molecule has 0 fully saturated rings. The normalized spacial score (nSPS) is 10.6. The van der Waals surface area contributed by atoms with Crippen LogP contribution in [-0.4, -0.2) is 26.9 Å². The molecule has 0 amide bonds. The molecule has 0 saturated carbocycles. The highest BCUT2D eigenvalue weighted by atomic mass is 79.9. The van der Waals surface area contributed by atoms with E-state index in [4.69, 9.17) is 4.74 Å². The summed E-state index contributed by atoms with van der Waals surface area (Å²) < 4.78 is 8.58. The molecule has 0 bridgehead atoms. The van der Waals surface area contributed by atoms with Gasteiger partial charge in [-0.25, -0.2) is 4.79 Å². The van der Waals surface area contributed by atoms with Gasteiger partial charge in [0.2, 0.25) is 0 Å². The van der Waals surface area contributed by atoms with Gasteiger partial charge >= 0.3 is 11.7 Å². The average molecular weight is 340 g/mol. The Balaban J connectivity index is 2.26. The van der Waals surface area contributed by atoms with Gasteiger partial charge in [0, 0.05) is 11.4 Å². The van der Waals surface area contributed by atoms with Crippen LogP contribution in [0, 0.1) is 6.92 Å². The van der Waals surface area contributed by atoms with Crippen LogP contribution in [0.4, 0.5) is 0 Å². The standard InChI is InChI=1S/C13H14BrN3O3/c1-9-15-17(12-5-3-11(14)4-6-12)13(19)16(9)7-8-20-10(2)18/h3-6H,7-8H2,1-2H3. The van der Waals surface area contributed by atoms with Crippen molar-refractivity contribution in [2.24, 2.45) is 0 Å². The minimum atomic E-state index is -0.365. The van der Waals surface area contributed by atoms with E-state index in [0.29, 0.717) is 18.1 Å². The molecule has 0 atom stereocenters. The monoisotopic (exact) mass is 339 g/mol. The van der Waals surface area contributed by atoms with Gasteiger partial charge in [0.15, 0.2) is 0 Å². The fourth-order valence-corrected chi connectivity index (χ4v) is 2.05. The molecule has 0 aliphatic carbocycles. The molecular weight excluding hydrogens is 326 g/mol. The third-order valence-electron chi connectivity index (χ3n) is 2.74. The van der Waals surface area contributed by atoms with Gasteiger partial charge in [-0.1, -0.05) is 15.9 Å². The van der Waals surface area contributed by atoms with Crippen molar-refractivity contribution < 1.29 is 9.53 Å². The lowest BCUT2D eigenvalue weighted by atomic mass is 10.3. The number of hydrogen-bond donors (Lipinski definition) is 0. The van der Waals surface area contributed by atoms with Crippen molar-refractivity contribution in [1.29, 1.82) is 0 Å². The predicted molar refractivity (Wildman–Crippen MR) is 76.9 cm³/mol. The molecule has 1 heterocycles. The van der Waals surface area contributed by atoms with Gasteiger partial charge in [0.25, 0.3) is 0 Å². The molecule has 1 aromatic heterocycles. The molecule has 0 spiro atoms. The van der Waals surface area contributed by atoms with E-state index < -0.39 is 0 Å². The fraction of sp³-hybridized carbons (Fsp3) is 0.308. The topological polar surface area (TPSA) is 66.1 Å². The van der Waals surface area contributed by atoms with Crippen LogP contribution in [0.3, 0.4) is 0 Å². The zero-order valence-electron chi connectivity index (χ0n) is 11.2. The number of benzene rings is 1. The Morgan fingerprint density at radius 2 is 2.00 bits per heavy atom. The Bertz CT molecular complexity index is 673. The maximum absolute atomic E-state index is 12.3. The highest BCUT2D eigenvalue weighted by Crippen LogP contribution is 2.12. The molecular formula is C13H14BrN3O3. The zero-order chi connectivity index (χ0) is 14.7. The zero-order valence-corrected chi connectivity index (χ0v) is 12.8. The number of ether oxygens (including phenoxy) is 1. The Labute approximate surface area is 124 Å². The van der Waals surface area contributed by atoms with E-state index in [-0.39, 0.29) is 18.3 Å². The third kappa shape index (κ3) is 3.16. The SMILES string of the molecule is CC(=O)OCCn1c(C)nn(-c2ccc(Br)cc2)c1=O. The first-order valence-electron chi connectivity index (χ1n) is 6.05. The van der Waals surface area contributed by atoms with E-state index in [1.165, 1.54) is 16.2 Å². The molecule has 1 aromatic carbocycles. The highest BCUT2D eigenvalue weighted by molar-refractivity contribution is 9.10. The van der Waals surface area contributed by atoms with Crippen molar-refractivity contribution in [1.82, 2.24) is 14.3 Å². The van der Waals surface area contributed by atoms with E-state index in [1.807, 2.05) is 12.1 Å². The average Bonchev–Trinajstić information content (AvgIpc) is 2.67. The molecule has 106 valence electrons. The van der Waals surface area contributed by atoms with Gasteiger partial charge in [-0.2, -0.15) is 9.78 Å². The van der Waals surface area contributed by atoms with Crippen LogP contribution in [-0.2, 0) is 16.1 Å². The Morgan fingerprint density at radius 3 is 2.60 bits per heavy atom. The fourth-order valence-electron chi connectivity index (χ4n) is 1.78. The van der Waals surface area contributed by atoms with Crippen LogP contribution in [0.1, 0.15) is 12.7 Å². The third-order valence-corrected chi connectivity index (χ3v) is 3.27. The van der Waals surface area contributed by atoms with Crippen LogP contribution in [0.2, 0.25) is 0 Å². The lowest BCUT2D eigenvalue weighted by molar-refractivity contribution is -0.141. The number of carbonyl (C=O) groups excluding carboxylic acids is 1. The molecule has 0 aliphatic heterocycles. The predicted octanol–water partition coefficient (Wildman–Crippen LogP) is 1.67. The van der Waals surface area contributed by atoms with E-state index >= 15 is 0 Å². The first-order chi connectivity index (χ1) is 9.49. The van der Waals surface area contributed by atoms with Gasteiger partial charge in [0.05, 0.1) is 12.2 Å². The maximum atomic E-state index is 12.3. The number of aromatic nitrogens is 3. The Hall–Kier alpha value is -1.89. The summed E-state index contributed by atoms with van der Waals surface area (Å²) in [7, 11) is 0. The summed E-state index contributed by atoms with van der Waals surface area (Å²) in [6, 6.07) is 7.28. The number of halogens is 1. The van der Waals surface area contributed by atoms with E-state index in [0.717, 1.165) is 4.47 Å². The van der Waals surface area contributed by atoms with E-state index in [1.54, 1.807) is 19.1 Å². The number of esters is 1. The summed E-state index contributed by atoms with van der Waals surface area (Å²) in [4.78, 5) is 23.0. The minimum Gasteiger partial charge on any atom is -0.464 e. The van der Waals surface area contributed by atoms with Crippen molar-refractivity contribution >= 4 is 21.9 Å². The van der Waals surface area contributed by atoms with Gasteiger partial charge < -0.3 is 4.74 Å². The van der Waals surface area contributed by atoms with E-state index in [9.17, 15) is 9.59 Å². The summed E-state index contributed by atoms with van der Waals surface area (Å²) in [5.41, 5.74) is 0.435. The van der Waals surface area contributed by atoms with Gasteiger partial charge in [-0.15, -0.1) is 0 Å². The smallest absolute Gasteiger partial charge is 0.350 e. The number of carbonyl (C=O) groups is 1. The Kier molecular flexibility index (Phi) is 4.39. The van der Waals surface area contributed by atoms with Crippen molar-refractivity contribution in [2.45, 2.75) is 20.4 Å². The van der Waals surface area contributed by atoms with E-state index in [2.05, 4.69) is 21.0 Å². The lowest BCUT2D eigenvalue weighted by Crippen LogP contribution is -2.26.